The zero-order chi connectivity index (χ0) is 13.9. The van der Waals surface area contributed by atoms with Gasteiger partial charge in [-0.25, -0.2) is 4.79 Å². The number of carbonyl (C=O) groups is 2. The molecule has 0 amide bonds. The average molecular weight is 264 g/mol. The molecule has 0 aromatic rings. The first-order valence-corrected chi connectivity index (χ1v) is 6.95. The molecular formula is C15H20O4. The van der Waals surface area contributed by atoms with Crippen LogP contribution < -0.4 is 0 Å². The van der Waals surface area contributed by atoms with Gasteiger partial charge in [0, 0.05) is 17.4 Å². The van der Waals surface area contributed by atoms with Crippen LogP contribution >= 0.6 is 0 Å². The maximum atomic E-state index is 11.7. The second-order valence-electron chi connectivity index (χ2n) is 6.74. The second-order valence-corrected chi connectivity index (χ2v) is 6.74. The molecule has 0 aliphatic heterocycles. The first kappa shape index (κ1) is 12.7. The molecule has 2 bridgehead atoms. The summed E-state index contributed by atoms with van der Waals surface area (Å²) in [5.74, 6) is -0.951. The van der Waals surface area contributed by atoms with Crippen molar-refractivity contribution in [3.8, 4) is 0 Å². The summed E-state index contributed by atoms with van der Waals surface area (Å²) in [7, 11) is 0. The molecule has 0 radical (unpaired) electrons. The molecule has 1 N–H and O–H groups in total. The Hall–Kier alpha value is -1.32. The van der Waals surface area contributed by atoms with Gasteiger partial charge >= 0.3 is 11.9 Å². The maximum Gasteiger partial charge on any atom is 0.333 e. The predicted molar refractivity (Wildman–Crippen MR) is 68.2 cm³/mol. The number of esters is 1. The van der Waals surface area contributed by atoms with Crippen LogP contribution in [0.25, 0.3) is 0 Å². The Labute approximate surface area is 112 Å². The van der Waals surface area contributed by atoms with E-state index in [-0.39, 0.29) is 35.2 Å². The van der Waals surface area contributed by atoms with Crippen LogP contribution in [0.2, 0.25) is 0 Å². The number of hydrogen-bond donors (Lipinski definition) is 1. The highest BCUT2D eigenvalue weighted by atomic mass is 16.5. The highest BCUT2D eigenvalue weighted by Gasteiger charge is 2.71. The molecule has 19 heavy (non-hydrogen) atoms. The van der Waals surface area contributed by atoms with Crippen molar-refractivity contribution in [1.82, 2.24) is 0 Å². The fraction of sp³-hybridized carbons (Fsp3) is 0.733. The summed E-state index contributed by atoms with van der Waals surface area (Å²) in [6, 6.07) is 0. The number of hydrogen-bond acceptors (Lipinski definition) is 3. The van der Waals surface area contributed by atoms with Gasteiger partial charge in [0.15, 0.2) is 0 Å². The first-order valence-electron chi connectivity index (χ1n) is 6.95. The van der Waals surface area contributed by atoms with E-state index < -0.39 is 5.97 Å². The Bertz CT molecular complexity index is 469. The van der Waals surface area contributed by atoms with Crippen molar-refractivity contribution < 1.29 is 19.4 Å². The zero-order valence-corrected chi connectivity index (χ0v) is 11.4. The molecule has 104 valence electrons. The van der Waals surface area contributed by atoms with Gasteiger partial charge in [0.25, 0.3) is 0 Å². The lowest BCUT2D eigenvalue weighted by molar-refractivity contribution is -0.157. The molecule has 0 heterocycles. The van der Waals surface area contributed by atoms with Crippen LogP contribution in [-0.2, 0) is 14.3 Å². The van der Waals surface area contributed by atoms with Gasteiger partial charge in [0.1, 0.15) is 6.10 Å². The van der Waals surface area contributed by atoms with Crippen LogP contribution in [0.15, 0.2) is 12.2 Å². The molecule has 1 spiro atoms. The van der Waals surface area contributed by atoms with Crippen LogP contribution in [0.5, 0.6) is 0 Å². The number of fused-ring (bicyclic) bond motifs is 1. The molecule has 5 unspecified atom stereocenters. The van der Waals surface area contributed by atoms with E-state index in [0.717, 1.165) is 19.3 Å². The van der Waals surface area contributed by atoms with E-state index in [1.807, 2.05) is 6.92 Å². The Kier molecular flexibility index (Phi) is 2.57. The summed E-state index contributed by atoms with van der Waals surface area (Å²) < 4.78 is 5.56. The number of ether oxygens (including phenoxy) is 1. The van der Waals surface area contributed by atoms with Crippen molar-refractivity contribution in [3.63, 3.8) is 0 Å². The number of rotatable bonds is 3. The Morgan fingerprint density at radius 3 is 2.58 bits per heavy atom. The molecule has 3 aliphatic rings. The third kappa shape index (κ3) is 1.72. The van der Waals surface area contributed by atoms with Crippen LogP contribution in [-0.4, -0.2) is 23.1 Å². The molecular weight excluding hydrogens is 244 g/mol. The molecule has 0 aromatic carbocycles. The van der Waals surface area contributed by atoms with E-state index in [4.69, 9.17) is 4.74 Å². The van der Waals surface area contributed by atoms with Gasteiger partial charge in [0.2, 0.25) is 0 Å². The predicted octanol–water partition coefficient (Wildman–Crippen LogP) is 2.24. The SMILES string of the molecule is C=C(C)C(=O)OC1C2CC3(CC(C)C2C(=O)O)C[C@H]13. The molecule has 3 rings (SSSR count). The van der Waals surface area contributed by atoms with Crippen molar-refractivity contribution in [2.45, 2.75) is 39.2 Å². The summed E-state index contributed by atoms with van der Waals surface area (Å²) in [6.45, 7) is 7.25. The number of carboxylic acids is 1. The highest BCUT2D eigenvalue weighted by molar-refractivity contribution is 5.87. The van der Waals surface area contributed by atoms with E-state index in [1.54, 1.807) is 6.92 Å². The Morgan fingerprint density at radius 2 is 2.00 bits per heavy atom. The normalized spacial score (nSPS) is 46.3. The van der Waals surface area contributed by atoms with Gasteiger partial charge in [-0.15, -0.1) is 0 Å². The third-order valence-electron chi connectivity index (χ3n) is 5.39. The summed E-state index contributed by atoms with van der Waals surface area (Å²) >= 11 is 0. The van der Waals surface area contributed by atoms with E-state index in [9.17, 15) is 14.7 Å². The molecule has 3 aliphatic carbocycles. The van der Waals surface area contributed by atoms with Crippen molar-refractivity contribution in [3.05, 3.63) is 12.2 Å². The lowest BCUT2D eigenvalue weighted by atomic mass is 9.69. The highest BCUT2D eigenvalue weighted by Crippen LogP contribution is 2.73. The monoisotopic (exact) mass is 264 g/mol. The molecule has 3 saturated carbocycles. The molecule has 3 fully saturated rings. The van der Waals surface area contributed by atoms with Crippen LogP contribution in [0.3, 0.4) is 0 Å². The molecule has 6 atom stereocenters. The zero-order valence-electron chi connectivity index (χ0n) is 11.4. The molecule has 4 nitrogen and oxygen atoms in total. The molecule has 0 aromatic heterocycles. The third-order valence-corrected chi connectivity index (χ3v) is 5.39. The standard InChI is InChI=1S/C15H20O4/c1-7(2)14(18)19-12-9-5-15(6-10(12)15)4-8(3)11(9)13(16)17/h8-12H,1,4-6H2,2-3H3,(H,16,17)/t8?,9?,10-,11?,12?,15?/m1/s1. The number of aliphatic carboxylic acids is 1. The van der Waals surface area contributed by atoms with Gasteiger partial charge in [0.05, 0.1) is 5.92 Å². The van der Waals surface area contributed by atoms with E-state index in [0.29, 0.717) is 11.5 Å². The second kappa shape index (κ2) is 3.84. The molecule has 0 saturated heterocycles. The van der Waals surface area contributed by atoms with Gasteiger partial charge in [-0.1, -0.05) is 13.5 Å². The van der Waals surface area contributed by atoms with Crippen molar-refractivity contribution in [2.75, 3.05) is 0 Å². The average Bonchev–Trinajstić information content (AvgIpc) is 2.90. The summed E-state index contributed by atoms with van der Waals surface area (Å²) in [5, 5.41) is 9.43. The fourth-order valence-corrected chi connectivity index (χ4v) is 4.62. The topological polar surface area (TPSA) is 63.6 Å². The summed E-state index contributed by atoms with van der Waals surface area (Å²) in [4.78, 5) is 23.2. The Morgan fingerprint density at radius 1 is 1.32 bits per heavy atom. The quantitative estimate of drug-likeness (QED) is 0.627. The summed E-state index contributed by atoms with van der Waals surface area (Å²) in [6.07, 6.45) is 2.75. The van der Waals surface area contributed by atoms with E-state index in [2.05, 4.69) is 6.58 Å². The fourth-order valence-electron chi connectivity index (χ4n) is 4.62. The lowest BCUT2D eigenvalue weighted by Gasteiger charge is -2.36. The van der Waals surface area contributed by atoms with E-state index in [1.165, 1.54) is 0 Å². The van der Waals surface area contributed by atoms with Crippen molar-refractivity contribution in [1.29, 1.82) is 0 Å². The number of carboxylic acid groups (broad SMARTS) is 1. The van der Waals surface area contributed by atoms with Gasteiger partial charge < -0.3 is 9.84 Å². The van der Waals surface area contributed by atoms with Crippen LogP contribution in [0.4, 0.5) is 0 Å². The summed E-state index contributed by atoms with van der Waals surface area (Å²) in [5.41, 5.74) is 0.659. The van der Waals surface area contributed by atoms with Crippen LogP contribution in [0.1, 0.15) is 33.1 Å². The van der Waals surface area contributed by atoms with Crippen molar-refractivity contribution >= 4 is 11.9 Å². The van der Waals surface area contributed by atoms with E-state index >= 15 is 0 Å². The minimum Gasteiger partial charge on any atom is -0.481 e. The first-order chi connectivity index (χ1) is 8.85. The largest absolute Gasteiger partial charge is 0.481 e. The lowest BCUT2D eigenvalue weighted by Crippen LogP contribution is -2.40. The van der Waals surface area contributed by atoms with Gasteiger partial charge in [-0.2, -0.15) is 0 Å². The minimum absolute atomic E-state index is 0.0108. The Balaban J connectivity index is 1.84. The van der Waals surface area contributed by atoms with Crippen molar-refractivity contribution in [2.24, 2.45) is 29.1 Å². The van der Waals surface area contributed by atoms with Crippen LogP contribution in [0, 0.1) is 29.1 Å². The van der Waals surface area contributed by atoms with Gasteiger partial charge in [-0.05, 0) is 37.5 Å². The minimum atomic E-state index is -0.745. The smallest absolute Gasteiger partial charge is 0.333 e. The molecule has 4 heteroatoms. The number of carbonyl (C=O) groups excluding carboxylic acids is 1. The van der Waals surface area contributed by atoms with Gasteiger partial charge in [-0.3, -0.25) is 4.79 Å². The maximum absolute atomic E-state index is 11.7.